The number of fused-ring (bicyclic) bond motifs is 2. The second-order valence-electron chi connectivity index (χ2n) is 6.00. The van der Waals surface area contributed by atoms with Gasteiger partial charge in [-0.2, -0.15) is 0 Å². The highest BCUT2D eigenvalue weighted by atomic mass is 16.3. The van der Waals surface area contributed by atoms with Gasteiger partial charge < -0.3 is 10.2 Å². The van der Waals surface area contributed by atoms with Crippen molar-refractivity contribution in [1.82, 2.24) is 0 Å². The summed E-state index contributed by atoms with van der Waals surface area (Å²) in [6.07, 6.45) is 1.15. The van der Waals surface area contributed by atoms with Gasteiger partial charge in [-0.05, 0) is 40.8 Å². The number of hydrogen-bond donors (Lipinski definition) is 2. The molecule has 2 heteroatoms. The first-order valence-electron chi connectivity index (χ1n) is 7.72. The quantitative estimate of drug-likeness (QED) is 0.711. The molecule has 0 radical (unpaired) electrons. The molecule has 0 aromatic heterocycles. The summed E-state index contributed by atoms with van der Waals surface area (Å²) in [6.45, 7) is 0. The van der Waals surface area contributed by atoms with Crippen molar-refractivity contribution in [2.75, 3.05) is 0 Å². The highest BCUT2D eigenvalue weighted by Gasteiger charge is 2.32. The second-order valence-corrected chi connectivity index (χ2v) is 6.00. The third-order valence-corrected chi connectivity index (χ3v) is 4.74. The van der Waals surface area contributed by atoms with Crippen LogP contribution in [-0.2, 0) is 6.42 Å². The van der Waals surface area contributed by atoms with Gasteiger partial charge in [-0.25, -0.2) is 0 Å². The zero-order valence-corrected chi connectivity index (χ0v) is 12.2. The maximum atomic E-state index is 10.6. The lowest BCUT2D eigenvalue weighted by Gasteiger charge is -2.32. The molecule has 0 heterocycles. The number of phenols is 1. The van der Waals surface area contributed by atoms with E-state index in [0.717, 1.165) is 34.7 Å². The maximum absolute atomic E-state index is 10.6. The van der Waals surface area contributed by atoms with Gasteiger partial charge >= 0.3 is 0 Å². The van der Waals surface area contributed by atoms with Crippen molar-refractivity contribution in [3.63, 3.8) is 0 Å². The van der Waals surface area contributed by atoms with Gasteiger partial charge in [0.25, 0.3) is 0 Å². The number of aromatic hydroxyl groups is 1. The van der Waals surface area contributed by atoms with Gasteiger partial charge in [-0.3, -0.25) is 0 Å². The van der Waals surface area contributed by atoms with E-state index in [-0.39, 0.29) is 11.7 Å². The van der Waals surface area contributed by atoms with Crippen LogP contribution in [0.3, 0.4) is 0 Å². The zero-order chi connectivity index (χ0) is 15.1. The lowest BCUT2D eigenvalue weighted by molar-refractivity contribution is 0.139. The predicted octanol–water partition coefficient (Wildman–Crippen LogP) is 3.98. The molecule has 2 atom stereocenters. The van der Waals surface area contributed by atoms with Crippen molar-refractivity contribution in [3.8, 4) is 5.75 Å². The SMILES string of the molecule is Oc1ccc2ccccc2c1[C@@H]1c2ccccc2CC[C@@H]1O. The zero-order valence-electron chi connectivity index (χ0n) is 12.2. The minimum absolute atomic E-state index is 0.170. The van der Waals surface area contributed by atoms with Crippen LogP contribution in [0.5, 0.6) is 5.75 Å². The number of aliphatic hydroxyl groups excluding tert-OH is 1. The summed E-state index contributed by atoms with van der Waals surface area (Å²) in [5.74, 6) is 0.0931. The Hall–Kier alpha value is -2.32. The van der Waals surface area contributed by atoms with Crippen molar-refractivity contribution in [2.24, 2.45) is 0 Å². The Morgan fingerprint density at radius 1 is 0.864 bits per heavy atom. The Bertz CT molecular complexity index is 838. The fourth-order valence-electron chi connectivity index (χ4n) is 3.70. The number of rotatable bonds is 1. The summed E-state index contributed by atoms with van der Waals surface area (Å²) in [4.78, 5) is 0. The molecule has 0 amide bonds. The van der Waals surface area contributed by atoms with Crippen LogP contribution < -0.4 is 0 Å². The molecule has 3 aromatic rings. The molecule has 22 heavy (non-hydrogen) atoms. The second kappa shape index (κ2) is 5.15. The van der Waals surface area contributed by atoms with Crippen LogP contribution >= 0.6 is 0 Å². The Labute approximate surface area is 129 Å². The minimum Gasteiger partial charge on any atom is -0.508 e. The van der Waals surface area contributed by atoms with Gasteiger partial charge in [-0.15, -0.1) is 0 Å². The van der Waals surface area contributed by atoms with Crippen LogP contribution in [0.4, 0.5) is 0 Å². The third-order valence-electron chi connectivity index (χ3n) is 4.74. The molecule has 4 rings (SSSR count). The molecule has 2 nitrogen and oxygen atoms in total. The van der Waals surface area contributed by atoms with Gasteiger partial charge in [0.05, 0.1) is 6.10 Å². The number of benzene rings is 3. The van der Waals surface area contributed by atoms with Gasteiger partial charge in [0, 0.05) is 11.5 Å². The van der Waals surface area contributed by atoms with E-state index < -0.39 is 6.10 Å². The molecule has 2 N–H and O–H groups in total. The van der Waals surface area contributed by atoms with Crippen molar-refractivity contribution in [1.29, 1.82) is 0 Å². The van der Waals surface area contributed by atoms with Gasteiger partial charge in [-0.1, -0.05) is 54.6 Å². The molecule has 3 aromatic carbocycles. The fourth-order valence-corrected chi connectivity index (χ4v) is 3.70. The topological polar surface area (TPSA) is 40.5 Å². The fraction of sp³-hybridized carbons (Fsp3) is 0.200. The number of phenolic OH excluding ortho intramolecular Hbond substituents is 1. The number of hydrogen-bond acceptors (Lipinski definition) is 2. The molecule has 0 bridgehead atoms. The molecule has 1 aliphatic carbocycles. The summed E-state index contributed by atoms with van der Waals surface area (Å²) < 4.78 is 0. The van der Waals surface area contributed by atoms with E-state index >= 15 is 0 Å². The average molecular weight is 290 g/mol. The highest BCUT2D eigenvalue weighted by Crippen LogP contribution is 2.43. The first-order chi connectivity index (χ1) is 10.8. The lowest BCUT2D eigenvalue weighted by atomic mass is 9.75. The number of aliphatic hydroxyl groups is 1. The summed E-state index contributed by atoms with van der Waals surface area (Å²) in [7, 11) is 0. The Morgan fingerprint density at radius 2 is 1.64 bits per heavy atom. The molecule has 0 unspecified atom stereocenters. The van der Waals surface area contributed by atoms with Crippen molar-refractivity contribution in [2.45, 2.75) is 24.9 Å². The summed E-state index contributed by atoms with van der Waals surface area (Å²) in [5, 5.41) is 23.2. The minimum atomic E-state index is -0.466. The monoisotopic (exact) mass is 290 g/mol. The van der Waals surface area contributed by atoms with E-state index in [4.69, 9.17) is 0 Å². The Balaban J connectivity index is 2.01. The summed E-state index contributed by atoms with van der Waals surface area (Å²) in [5.41, 5.74) is 3.25. The summed E-state index contributed by atoms with van der Waals surface area (Å²) in [6, 6.07) is 19.9. The van der Waals surface area contributed by atoms with E-state index in [9.17, 15) is 10.2 Å². The van der Waals surface area contributed by atoms with Gasteiger partial charge in [0.15, 0.2) is 0 Å². The van der Waals surface area contributed by atoms with Crippen LogP contribution in [0.1, 0.15) is 29.0 Å². The largest absolute Gasteiger partial charge is 0.508 e. The third kappa shape index (κ3) is 1.99. The normalized spacial score (nSPS) is 20.8. The molecule has 0 saturated carbocycles. The summed E-state index contributed by atoms with van der Waals surface area (Å²) >= 11 is 0. The van der Waals surface area contributed by atoms with E-state index in [1.54, 1.807) is 6.07 Å². The van der Waals surface area contributed by atoms with Crippen molar-refractivity contribution < 1.29 is 10.2 Å². The average Bonchev–Trinajstić information content (AvgIpc) is 2.56. The van der Waals surface area contributed by atoms with Crippen LogP contribution in [-0.4, -0.2) is 16.3 Å². The van der Waals surface area contributed by atoms with Crippen LogP contribution in [0, 0.1) is 0 Å². The molecule has 0 aliphatic heterocycles. The van der Waals surface area contributed by atoms with Gasteiger partial charge in [0.1, 0.15) is 5.75 Å². The Kier molecular flexibility index (Phi) is 3.12. The van der Waals surface area contributed by atoms with Crippen molar-refractivity contribution in [3.05, 3.63) is 77.4 Å². The molecular weight excluding hydrogens is 272 g/mol. The van der Waals surface area contributed by atoms with E-state index in [1.807, 2.05) is 42.5 Å². The molecule has 0 saturated heterocycles. The van der Waals surface area contributed by atoms with E-state index in [0.29, 0.717) is 0 Å². The molecule has 0 fully saturated rings. The van der Waals surface area contributed by atoms with E-state index in [2.05, 4.69) is 12.1 Å². The molecule has 1 aliphatic rings. The predicted molar refractivity (Wildman–Crippen MR) is 88.2 cm³/mol. The van der Waals surface area contributed by atoms with Crippen LogP contribution in [0.15, 0.2) is 60.7 Å². The molecular formula is C20H18O2. The van der Waals surface area contributed by atoms with Gasteiger partial charge in [0.2, 0.25) is 0 Å². The van der Waals surface area contributed by atoms with E-state index in [1.165, 1.54) is 5.56 Å². The molecule has 110 valence electrons. The number of aryl methyl sites for hydroxylation is 1. The standard InChI is InChI=1S/C20H18O2/c21-17-11-9-13-5-1-3-7-15(13)19(17)20-16-8-4-2-6-14(16)10-12-18(20)22/h1-9,11,18,20-22H,10,12H2/t18-,20+/m0/s1. The first kappa shape index (κ1) is 13.4. The lowest BCUT2D eigenvalue weighted by Crippen LogP contribution is -2.26. The first-order valence-corrected chi connectivity index (χ1v) is 7.72. The molecule has 0 spiro atoms. The van der Waals surface area contributed by atoms with Crippen LogP contribution in [0.2, 0.25) is 0 Å². The Morgan fingerprint density at radius 3 is 2.55 bits per heavy atom. The van der Waals surface area contributed by atoms with Crippen LogP contribution in [0.25, 0.3) is 10.8 Å². The maximum Gasteiger partial charge on any atom is 0.120 e. The van der Waals surface area contributed by atoms with Crippen molar-refractivity contribution >= 4 is 10.8 Å². The highest BCUT2D eigenvalue weighted by molar-refractivity contribution is 5.89. The smallest absolute Gasteiger partial charge is 0.120 e.